The molecule has 1 N–H and O–H groups in total. The number of nitrogens with zero attached hydrogens (tertiary/aromatic N) is 1. The van der Waals surface area contributed by atoms with Crippen LogP contribution in [-0.2, 0) is 15.8 Å². The van der Waals surface area contributed by atoms with Gasteiger partial charge in [-0.15, -0.1) is 0 Å². The second-order valence-electron chi connectivity index (χ2n) is 5.28. The van der Waals surface area contributed by atoms with Gasteiger partial charge in [-0.25, -0.2) is 0 Å². The summed E-state index contributed by atoms with van der Waals surface area (Å²) in [7, 11) is 1.26. The van der Waals surface area contributed by atoms with Crippen molar-refractivity contribution in [3.63, 3.8) is 0 Å². The number of halogens is 3. The van der Waals surface area contributed by atoms with Crippen LogP contribution in [-0.4, -0.2) is 39.9 Å². The molecule has 1 aliphatic heterocycles. The molecule has 1 aliphatic rings. The zero-order valence-electron chi connectivity index (χ0n) is 13.5. The largest absolute Gasteiger partial charge is 0.497 e. The molecule has 1 amide bonds. The van der Waals surface area contributed by atoms with E-state index in [1.54, 1.807) is 0 Å². The Morgan fingerprint density at radius 1 is 1.42 bits per heavy atom. The van der Waals surface area contributed by atoms with E-state index in [-0.39, 0.29) is 39.9 Å². The number of carbonyl (C=O) groups is 2. The number of ether oxygens (including phenoxy) is 1. The number of thiocarbonyl (C=S) groups is 1. The first-order chi connectivity index (χ1) is 12.1. The zero-order chi connectivity index (χ0) is 19.5. The average molecular weight is 405 g/mol. The van der Waals surface area contributed by atoms with Crippen molar-refractivity contribution in [3.05, 3.63) is 34.2 Å². The van der Waals surface area contributed by atoms with Crippen molar-refractivity contribution in [2.24, 2.45) is 0 Å². The number of thioether (sulfide) groups is 1. The molecule has 140 valence electrons. The fourth-order valence-corrected chi connectivity index (χ4v) is 3.56. The van der Waals surface area contributed by atoms with Crippen molar-refractivity contribution in [3.8, 4) is 5.75 Å². The van der Waals surface area contributed by atoms with Crippen LogP contribution in [0.15, 0.2) is 23.1 Å². The number of methoxy groups -OCH3 is 1. The minimum atomic E-state index is -4.62. The van der Waals surface area contributed by atoms with E-state index in [0.29, 0.717) is 0 Å². The summed E-state index contributed by atoms with van der Waals surface area (Å²) in [5.74, 6) is -1.48. The number of aliphatic carboxylic acids is 1. The second-order valence-corrected chi connectivity index (χ2v) is 6.96. The van der Waals surface area contributed by atoms with E-state index >= 15 is 0 Å². The van der Waals surface area contributed by atoms with Gasteiger partial charge in [0.05, 0.1) is 17.6 Å². The Labute approximate surface area is 156 Å². The Hall–Kier alpha value is -2.07. The smallest absolute Gasteiger partial charge is 0.417 e. The Balaban J connectivity index is 2.29. The van der Waals surface area contributed by atoms with Crippen LogP contribution in [0.3, 0.4) is 0 Å². The minimum Gasteiger partial charge on any atom is -0.497 e. The predicted molar refractivity (Wildman–Crippen MR) is 94.7 cm³/mol. The van der Waals surface area contributed by atoms with Crippen LogP contribution in [0.1, 0.15) is 24.0 Å². The van der Waals surface area contributed by atoms with Crippen molar-refractivity contribution in [1.82, 2.24) is 4.90 Å². The van der Waals surface area contributed by atoms with Crippen LogP contribution < -0.4 is 4.74 Å². The van der Waals surface area contributed by atoms with Crippen molar-refractivity contribution < 1.29 is 32.6 Å². The highest BCUT2D eigenvalue weighted by Gasteiger charge is 2.36. The molecular weight excluding hydrogens is 391 g/mol. The van der Waals surface area contributed by atoms with Gasteiger partial charge in [0, 0.05) is 13.0 Å². The fraction of sp³-hybridized carbons (Fsp3) is 0.312. The van der Waals surface area contributed by atoms with Crippen molar-refractivity contribution in [2.75, 3.05) is 13.7 Å². The van der Waals surface area contributed by atoms with Gasteiger partial charge in [-0.1, -0.05) is 30.0 Å². The summed E-state index contributed by atoms with van der Waals surface area (Å²) in [5.41, 5.74) is -1.10. The van der Waals surface area contributed by atoms with E-state index in [2.05, 4.69) is 0 Å². The molecule has 0 atom stereocenters. The highest BCUT2D eigenvalue weighted by atomic mass is 32.2. The summed E-state index contributed by atoms with van der Waals surface area (Å²) in [4.78, 5) is 24.2. The number of hydrogen-bond acceptors (Lipinski definition) is 5. The molecule has 5 nitrogen and oxygen atoms in total. The zero-order valence-corrected chi connectivity index (χ0v) is 15.1. The van der Waals surface area contributed by atoms with Gasteiger partial charge in [0.1, 0.15) is 10.1 Å². The summed E-state index contributed by atoms with van der Waals surface area (Å²) in [5, 5.41) is 8.65. The summed E-state index contributed by atoms with van der Waals surface area (Å²) in [6.07, 6.45) is -3.41. The predicted octanol–water partition coefficient (Wildman–Crippen LogP) is 3.78. The normalized spacial score (nSPS) is 16.5. The molecule has 26 heavy (non-hydrogen) atoms. The molecule has 0 aliphatic carbocycles. The van der Waals surface area contributed by atoms with Crippen LogP contribution >= 0.6 is 24.0 Å². The average Bonchev–Trinajstić information content (AvgIpc) is 2.81. The third-order valence-corrected chi connectivity index (χ3v) is 4.88. The van der Waals surface area contributed by atoms with Gasteiger partial charge in [-0.3, -0.25) is 14.5 Å². The van der Waals surface area contributed by atoms with Crippen molar-refractivity contribution >= 4 is 46.3 Å². The van der Waals surface area contributed by atoms with Crippen LogP contribution in [0.2, 0.25) is 0 Å². The molecule has 0 aromatic heterocycles. The van der Waals surface area contributed by atoms with Gasteiger partial charge in [0.15, 0.2) is 0 Å². The van der Waals surface area contributed by atoms with E-state index in [0.717, 1.165) is 23.9 Å². The summed E-state index contributed by atoms with van der Waals surface area (Å²) in [6, 6.07) is 3.45. The number of rotatable bonds is 6. The minimum absolute atomic E-state index is 0.0516. The first kappa shape index (κ1) is 20.2. The molecule has 1 fully saturated rings. The molecule has 0 bridgehead atoms. The Bertz CT molecular complexity index is 777. The molecule has 1 heterocycles. The van der Waals surface area contributed by atoms with Crippen LogP contribution in [0.4, 0.5) is 13.2 Å². The number of carboxylic acids is 1. The number of carbonyl (C=O) groups excluding carboxylic acids is 1. The van der Waals surface area contributed by atoms with Crippen LogP contribution in [0.25, 0.3) is 6.08 Å². The number of carboxylic acid groups (broad SMARTS) is 1. The maximum Gasteiger partial charge on any atom is 0.417 e. The highest BCUT2D eigenvalue weighted by molar-refractivity contribution is 8.26. The lowest BCUT2D eigenvalue weighted by molar-refractivity contribution is -0.138. The fourth-order valence-electron chi connectivity index (χ4n) is 2.26. The van der Waals surface area contributed by atoms with Crippen molar-refractivity contribution in [2.45, 2.75) is 19.0 Å². The van der Waals surface area contributed by atoms with Gasteiger partial charge in [-0.05, 0) is 30.2 Å². The molecule has 0 spiro atoms. The molecular formula is C16H14F3NO4S2. The topological polar surface area (TPSA) is 66.8 Å². The third-order valence-electron chi connectivity index (χ3n) is 3.50. The van der Waals surface area contributed by atoms with Crippen LogP contribution in [0, 0.1) is 0 Å². The first-order valence-electron chi connectivity index (χ1n) is 7.36. The second kappa shape index (κ2) is 8.09. The molecule has 1 aromatic carbocycles. The molecule has 10 heteroatoms. The monoisotopic (exact) mass is 405 g/mol. The van der Waals surface area contributed by atoms with Crippen molar-refractivity contribution in [1.29, 1.82) is 0 Å². The molecule has 2 rings (SSSR count). The number of hydrogen-bond donors (Lipinski definition) is 1. The van der Waals surface area contributed by atoms with E-state index in [9.17, 15) is 22.8 Å². The standard InChI is InChI=1S/C16H14F3NO4S2/c1-24-10-5-4-9(11(8-10)16(17,18)19)7-12-14(23)20(15(25)26-12)6-2-3-13(21)22/h4-5,7-8H,2-3,6H2,1H3,(H,21,22). The molecule has 1 aromatic rings. The van der Waals surface area contributed by atoms with Gasteiger partial charge < -0.3 is 9.84 Å². The van der Waals surface area contributed by atoms with E-state index in [4.69, 9.17) is 22.1 Å². The number of amides is 1. The number of benzene rings is 1. The quantitative estimate of drug-likeness (QED) is 0.574. The van der Waals surface area contributed by atoms with Gasteiger partial charge in [-0.2, -0.15) is 13.2 Å². The first-order valence-corrected chi connectivity index (χ1v) is 8.58. The Morgan fingerprint density at radius 2 is 2.12 bits per heavy atom. The van der Waals surface area contributed by atoms with Gasteiger partial charge >= 0.3 is 12.1 Å². The van der Waals surface area contributed by atoms with E-state index < -0.39 is 23.6 Å². The summed E-state index contributed by atoms with van der Waals surface area (Å²) >= 11 is 5.96. The molecule has 1 saturated heterocycles. The van der Waals surface area contributed by atoms with E-state index in [1.807, 2.05) is 0 Å². The summed E-state index contributed by atoms with van der Waals surface area (Å²) < 4.78 is 44.8. The lowest BCUT2D eigenvalue weighted by Gasteiger charge is -2.13. The molecule has 0 unspecified atom stereocenters. The molecule has 0 radical (unpaired) electrons. The third kappa shape index (κ3) is 4.76. The van der Waals surface area contributed by atoms with E-state index in [1.165, 1.54) is 24.1 Å². The maximum absolute atomic E-state index is 13.3. The van der Waals surface area contributed by atoms with Gasteiger partial charge in [0.25, 0.3) is 5.91 Å². The SMILES string of the molecule is COc1ccc(C=C2SC(=S)N(CCCC(=O)O)C2=O)c(C(F)(F)F)c1. The Morgan fingerprint density at radius 3 is 2.69 bits per heavy atom. The van der Waals surface area contributed by atoms with Gasteiger partial charge in [0.2, 0.25) is 0 Å². The maximum atomic E-state index is 13.3. The highest BCUT2D eigenvalue weighted by Crippen LogP contribution is 2.38. The Kier molecular flexibility index (Phi) is 6.30. The lowest BCUT2D eigenvalue weighted by atomic mass is 10.1. The molecule has 0 saturated carbocycles. The summed E-state index contributed by atoms with van der Waals surface area (Å²) in [6.45, 7) is 0.100. The van der Waals surface area contributed by atoms with Crippen LogP contribution in [0.5, 0.6) is 5.75 Å². The number of alkyl halides is 3. The lowest BCUT2D eigenvalue weighted by Crippen LogP contribution is -2.29.